The molecule has 0 radical (unpaired) electrons. The molecule has 0 unspecified atom stereocenters. The van der Waals surface area contributed by atoms with Gasteiger partial charge in [0.25, 0.3) is 0 Å². The van der Waals surface area contributed by atoms with E-state index in [4.69, 9.17) is 0 Å². The zero-order valence-corrected chi connectivity index (χ0v) is 15.8. The van der Waals surface area contributed by atoms with Crippen molar-refractivity contribution in [2.45, 2.75) is 27.7 Å². The van der Waals surface area contributed by atoms with Crippen molar-refractivity contribution in [3.05, 3.63) is 95.1 Å². The average Bonchev–Trinajstić information content (AvgIpc) is 2.62. The largest absolute Gasteiger partial charge is 0.507 e. The number of nitrogens with zero attached hydrogens (tertiary/aromatic N) is 1. The number of benzene rings is 3. The number of para-hydroxylation sites is 3. The maximum atomic E-state index is 10.6. The molecule has 0 atom stereocenters. The third kappa shape index (κ3) is 3.36. The highest BCUT2D eigenvalue weighted by molar-refractivity contribution is 5.92. The highest BCUT2D eigenvalue weighted by Crippen LogP contribution is 2.41. The van der Waals surface area contributed by atoms with Gasteiger partial charge >= 0.3 is 0 Å². The van der Waals surface area contributed by atoms with Gasteiger partial charge in [-0.15, -0.1) is 0 Å². The number of rotatable bonds is 4. The quantitative estimate of drug-likeness (QED) is 0.577. The van der Waals surface area contributed by atoms with Crippen molar-refractivity contribution >= 4 is 17.1 Å². The molecular weight excluding hydrogens is 318 g/mol. The van der Waals surface area contributed by atoms with E-state index in [1.807, 2.05) is 18.2 Å². The van der Waals surface area contributed by atoms with Crippen LogP contribution in [0.5, 0.6) is 5.75 Å². The van der Waals surface area contributed by atoms with Crippen LogP contribution in [0.3, 0.4) is 0 Å². The molecule has 0 spiro atoms. The van der Waals surface area contributed by atoms with Gasteiger partial charge < -0.3 is 10.0 Å². The van der Waals surface area contributed by atoms with Gasteiger partial charge in [0.15, 0.2) is 0 Å². The summed E-state index contributed by atoms with van der Waals surface area (Å²) in [5.41, 5.74) is 7.57. The average molecular weight is 343 g/mol. The lowest BCUT2D eigenvalue weighted by molar-refractivity contribution is 0.473. The lowest BCUT2D eigenvalue weighted by Crippen LogP contribution is -2.18. The van der Waals surface area contributed by atoms with E-state index in [9.17, 15) is 5.11 Å². The van der Waals surface area contributed by atoms with Gasteiger partial charge in [0, 0.05) is 16.9 Å². The molecule has 2 nitrogen and oxygen atoms in total. The molecule has 0 aliphatic rings. The number of hydrogen-bond acceptors (Lipinski definition) is 2. The standard InChI is InChI=1S/C24H25NO/c1-17(2)24(20-13-7-10-16-23(20)26)25(21-14-8-5-11-18(21)3)22-15-9-6-12-19(22)4/h5-16,26H,1-4H3. The van der Waals surface area contributed by atoms with E-state index in [0.717, 1.165) is 28.2 Å². The van der Waals surface area contributed by atoms with Crippen molar-refractivity contribution in [1.82, 2.24) is 0 Å². The number of anilines is 2. The zero-order valence-electron chi connectivity index (χ0n) is 15.8. The third-order valence-electron chi connectivity index (χ3n) is 4.57. The minimum Gasteiger partial charge on any atom is -0.507 e. The fourth-order valence-corrected chi connectivity index (χ4v) is 3.29. The Labute approximate surface area is 156 Å². The molecule has 3 rings (SSSR count). The maximum absolute atomic E-state index is 10.6. The first-order valence-electron chi connectivity index (χ1n) is 8.88. The minimum atomic E-state index is 0.288. The van der Waals surface area contributed by atoms with E-state index in [-0.39, 0.29) is 5.75 Å². The van der Waals surface area contributed by atoms with Crippen LogP contribution in [0.2, 0.25) is 0 Å². The summed E-state index contributed by atoms with van der Waals surface area (Å²) in [5, 5.41) is 10.6. The molecule has 0 saturated heterocycles. The van der Waals surface area contributed by atoms with Crippen LogP contribution in [0.15, 0.2) is 78.4 Å². The van der Waals surface area contributed by atoms with Gasteiger partial charge in [0.1, 0.15) is 5.75 Å². The van der Waals surface area contributed by atoms with Crippen molar-refractivity contribution in [3.63, 3.8) is 0 Å². The minimum absolute atomic E-state index is 0.288. The molecule has 3 aromatic carbocycles. The molecule has 2 heteroatoms. The van der Waals surface area contributed by atoms with Crippen LogP contribution in [0, 0.1) is 13.8 Å². The summed E-state index contributed by atoms with van der Waals surface area (Å²) in [5.74, 6) is 0.288. The number of aryl methyl sites for hydroxylation is 2. The number of phenolic OH excluding ortho intramolecular Hbond substituents is 1. The van der Waals surface area contributed by atoms with Crippen LogP contribution in [0.4, 0.5) is 11.4 Å². The second kappa shape index (κ2) is 7.49. The van der Waals surface area contributed by atoms with Gasteiger partial charge in [-0.05, 0) is 63.1 Å². The van der Waals surface area contributed by atoms with E-state index in [2.05, 4.69) is 81.1 Å². The Balaban J connectivity index is 2.33. The summed E-state index contributed by atoms with van der Waals surface area (Å²) >= 11 is 0. The molecule has 132 valence electrons. The fourth-order valence-electron chi connectivity index (χ4n) is 3.29. The second-order valence-electron chi connectivity index (χ2n) is 6.77. The van der Waals surface area contributed by atoms with Crippen molar-refractivity contribution in [2.75, 3.05) is 4.90 Å². The number of aromatic hydroxyl groups is 1. The van der Waals surface area contributed by atoms with E-state index < -0.39 is 0 Å². The van der Waals surface area contributed by atoms with Crippen LogP contribution in [0.1, 0.15) is 30.5 Å². The van der Waals surface area contributed by atoms with Gasteiger partial charge in [-0.25, -0.2) is 0 Å². The summed E-state index contributed by atoms with van der Waals surface area (Å²) in [6.45, 7) is 8.42. The first kappa shape index (κ1) is 17.8. The van der Waals surface area contributed by atoms with Crippen molar-refractivity contribution in [1.29, 1.82) is 0 Å². The van der Waals surface area contributed by atoms with E-state index in [1.165, 1.54) is 11.1 Å². The van der Waals surface area contributed by atoms with Crippen LogP contribution in [0.25, 0.3) is 5.70 Å². The topological polar surface area (TPSA) is 23.5 Å². The Hall–Kier alpha value is -3.00. The molecule has 0 saturated carbocycles. The summed E-state index contributed by atoms with van der Waals surface area (Å²) in [4.78, 5) is 2.26. The van der Waals surface area contributed by atoms with Gasteiger partial charge in [-0.3, -0.25) is 0 Å². The van der Waals surface area contributed by atoms with Crippen molar-refractivity contribution in [3.8, 4) is 5.75 Å². The molecule has 0 bridgehead atoms. The fraction of sp³-hybridized carbons (Fsp3) is 0.167. The molecule has 0 aromatic heterocycles. The van der Waals surface area contributed by atoms with Crippen LogP contribution in [-0.4, -0.2) is 5.11 Å². The molecule has 3 aromatic rings. The first-order valence-corrected chi connectivity index (χ1v) is 8.88. The predicted octanol–water partition coefficient (Wildman–Crippen LogP) is 6.60. The zero-order chi connectivity index (χ0) is 18.7. The molecule has 1 N–H and O–H groups in total. The molecule has 0 amide bonds. The lowest BCUT2D eigenvalue weighted by atomic mass is 10.0. The molecule has 0 aliphatic carbocycles. The Bertz CT molecular complexity index is 906. The number of hydrogen-bond donors (Lipinski definition) is 1. The number of phenols is 1. The SMILES string of the molecule is CC(C)=C(c1ccccc1O)N(c1ccccc1C)c1ccccc1C. The van der Waals surface area contributed by atoms with E-state index >= 15 is 0 Å². The second-order valence-corrected chi connectivity index (χ2v) is 6.77. The Kier molecular flexibility index (Phi) is 5.13. The Morgan fingerprint density at radius 1 is 0.692 bits per heavy atom. The van der Waals surface area contributed by atoms with Crippen molar-refractivity contribution in [2.24, 2.45) is 0 Å². The maximum Gasteiger partial charge on any atom is 0.124 e. The summed E-state index contributed by atoms with van der Waals surface area (Å²) in [6, 6.07) is 24.3. The predicted molar refractivity (Wildman–Crippen MR) is 111 cm³/mol. The lowest BCUT2D eigenvalue weighted by Gasteiger charge is -2.32. The Morgan fingerprint density at radius 3 is 1.62 bits per heavy atom. The van der Waals surface area contributed by atoms with E-state index in [1.54, 1.807) is 6.07 Å². The van der Waals surface area contributed by atoms with Crippen LogP contribution < -0.4 is 4.90 Å². The summed E-state index contributed by atoms with van der Waals surface area (Å²) in [6.07, 6.45) is 0. The third-order valence-corrected chi connectivity index (χ3v) is 4.57. The van der Waals surface area contributed by atoms with Gasteiger partial charge in [0.05, 0.1) is 5.70 Å². The monoisotopic (exact) mass is 343 g/mol. The molecule has 26 heavy (non-hydrogen) atoms. The van der Waals surface area contributed by atoms with Gasteiger partial charge in [-0.1, -0.05) is 54.1 Å². The smallest absolute Gasteiger partial charge is 0.124 e. The normalized spacial score (nSPS) is 10.5. The van der Waals surface area contributed by atoms with E-state index in [0.29, 0.717) is 0 Å². The Morgan fingerprint density at radius 2 is 1.15 bits per heavy atom. The molecular formula is C24H25NO. The van der Waals surface area contributed by atoms with Crippen LogP contribution >= 0.6 is 0 Å². The van der Waals surface area contributed by atoms with Crippen LogP contribution in [-0.2, 0) is 0 Å². The summed E-state index contributed by atoms with van der Waals surface area (Å²) < 4.78 is 0. The molecule has 0 fully saturated rings. The highest BCUT2D eigenvalue weighted by atomic mass is 16.3. The first-order chi connectivity index (χ1) is 12.5. The highest BCUT2D eigenvalue weighted by Gasteiger charge is 2.22. The number of allylic oxidation sites excluding steroid dienone is 1. The van der Waals surface area contributed by atoms with Gasteiger partial charge in [-0.2, -0.15) is 0 Å². The van der Waals surface area contributed by atoms with Gasteiger partial charge in [0.2, 0.25) is 0 Å². The molecule has 0 aliphatic heterocycles. The molecule has 0 heterocycles. The van der Waals surface area contributed by atoms with Crippen molar-refractivity contribution < 1.29 is 5.11 Å². The summed E-state index contributed by atoms with van der Waals surface area (Å²) in [7, 11) is 0.